The first-order chi connectivity index (χ1) is 5.25. The summed E-state index contributed by atoms with van der Waals surface area (Å²) in [6.07, 6.45) is 0. The second-order valence-electron chi connectivity index (χ2n) is 2.36. The minimum atomic E-state index is 0.693. The van der Waals surface area contributed by atoms with Gasteiger partial charge in [-0.05, 0) is 25.5 Å². The van der Waals surface area contributed by atoms with Crippen molar-refractivity contribution in [1.29, 1.82) is 0 Å². The van der Waals surface area contributed by atoms with E-state index < -0.39 is 0 Å². The standard InChI is InChI=1S/C9H12OS/c1-3-10-9-7(2)5-4-6-8(9)11/h4-6,11H,3H2,1-2H3. The summed E-state index contributed by atoms with van der Waals surface area (Å²) in [4.78, 5) is 0.909. The Bertz CT molecular complexity index is 225. The van der Waals surface area contributed by atoms with Crippen LogP contribution >= 0.6 is 12.6 Å². The lowest BCUT2D eigenvalue weighted by Crippen LogP contribution is -1.94. The third-order valence-corrected chi connectivity index (χ3v) is 1.83. The zero-order valence-electron chi connectivity index (χ0n) is 6.79. The third-order valence-electron chi connectivity index (χ3n) is 1.48. The van der Waals surface area contributed by atoms with Gasteiger partial charge in [0.1, 0.15) is 5.75 Å². The maximum Gasteiger partial charge on any atom is 0.135 e. The van der Waals surface area contributed by atoms with Crippen molar-refractivity contribution in [1.82, 2.24) is 0 Å². The summed E-state index contributed by atoms with van der Waals surface area (Å²) in [5.74, 6) is 0.901. The maximum atomic E-state index is 5.39. The predicted octanol–water partition coefficient (Wildman–Crippen LogP) is 2.68. The Hall–Kier alpha value is -0.630. The molecule has 0 saturated heterocycles. The molecule has 0 aromatic heterocycles. The van der Waals surface area contributed by atoms with Gasteiger partial charge in [-0.1, -0.05) is 12.1 Å². The highest BCUT2D eigenvalue weighted by atomic mass is 32.1. The molecule has 0 saturated carbocycles. The molecule has 0 radical (unpaired) electrons. The molecule has 0 heterocycles. The SMILES string of the molecule is CCOc1c(C)cccc1S. The molecule has 0 N–H and O–H groups in total. The van der Waals surface area contributed by atoms with Crippen LogP contribution in [0.3, 0.4) is 0 Å². The Kier molecular flexibility index (Phi) is 2.83. The van der Waals surface area contributed by atoms with E-state index in [0.717, 1.165) is 16.2 Å². The Balaban J connectivity index is 3.00. The molecule has 0 atom stereocenters. The molecule has 0 aliphatic carbocycles. The Morgan fingerprint density at radius 2 is 2.18 bits per heavy atom. The van der Waals surface area contributed by atoms with Gasteiger partial charge < -0.3 is 4.74 Å². The van der Waals surface area contributed by atoms with E-state index in [1.54, 1.807) is 0 Å². The fourth-order valence-electron chi connectivity index (χ4n) is 0.969. The fraction of sp³-hybridized carbons (Fsp3) is 0.333. The van der Waals surface area contributed by atoms with Gasteiger partial charge in [-0.15, -0.1) is 12.6 Å². The van der Waals surface area contributed by atoms with Gasteiger partial charge in [0.05, 0.1) is 6.61 Å². The van der Waals surface area contributed by atoms with Crippen molar-refractivity contribution in [3.05, 3.63) is 23.8 Å². The Labute approximate surface area is 72.8 Å². The molecular formula is C9H12OS. The highest BCUT2D eigenvalue weighted by molar-refractivity contribution is 7.80. The van der Waals surface area contributed by atoms with Crippen LogP contribution < -0.4 is 4.74 Å². The highest BCUT2D eigenvalue weighted by Crippen LogP contribution is 2.25. The van der Waals surface area contributed by atoms with Crippen molar-refractivity contribution in [3.8, 4) is 5.75 Å². The van der Waals surface area contributed by atoms with E-state index in [9.17, 15) is 0 Å². The van der Waals surface area contributed by atoms with Gasteiger partial charge >= 0.3 is 0 Å². The van der Waals surface area contributed by atoms with Crippen molar-refractivity contribution in [3.63, 3.8) is 0 Å². The Morgan fingerprint density at radius 3 is 2.73 bits per heavy atom. The first-order valence-electron chi connectivity index (χ1n) is 3.67. The quantitative estimate of drug-likeness (QED) is 0.668. The lowest BCUT2D eigenvalue weighted by atomic mass is 10.2. The average Bonchev–Trinajstić information content (AvgIpc) is 1.97. The monoisotopic (exact) mass is 168 g/mol. The third kappa shape index (κ3) is 1.90. The average molecular weight is 168 g/mol. The van der Waals surface area contributed by atoms with E-state index in [-0.39, 0.29) is 0 Å². The molecule has 0 aliphatic heterocycles. The number of para-hydroxylation sites is 1. The second-order valence-corrected chi connectivity index (χ2v) is 2.84. The van der Waals surface area contributed by atoms with Crippen LogP contribution in [-0.4, -0.2) is 6.61 Å². The van der Waals surface area contributed by atoms with Crippen LogP contribution in [0.4, 0.5) is 0 Å². The van der Waals surface area contributed by atoms with Crippen LogP contribution in [0.5, 0.6) is 5.75 Å². The normalized spacial score (nSPS) is 9.73. The molecule has 60 valence electrons. The summed E-state index contributed by atoms with van der Waals surface area (Å²) in [5.41, 5.74) is 1.14. The number of ether oxygens (including phenoxy) is 1. The summed E-state index contributed by atoms with van der Waals surface area (Å²) >= 11 is 4.28. The molecule has 1 aromatic carbocycles. The van der Waals surface area contributed by atoms with E-state index in [1.165, 1.54) is 0 Å². The van der Waals surface area contributed by atoms with Gasteiger partial charge in [0, 0.05) is 4.90 Å². The lowest BCUT2D eigenvalue weighted by Gasteiger charge is -2.08. The van der Waals surface area contributed by atoms with Crippen molar-refractivity contribution >= 4 is 12.6 Å². The van der Waals surface area contributed by atoms with Gasteiger partial charge in [-0.25, -0.2) is 0 Å². The molecule has 11 heavy (non-hydrogen) atoms. The number of aryl methyl sites for hydroxylation is 1. The van der Waals surface area contributed by atoms with E-state index in [2.05, 4.69) is 12.6 Å². The zero-order valence-corrected chi connectivity index (χ0v) is 7.69. The van der Waals surface area contributed by atoms with Gasteiger partial charge in [-0.2, -0.15) is 0 Å². The van der Waals surface area contributed by atoms with Crippen LogP contribution in [0, 0.1) is 6.92 Å². The Morgan fingerprint density at radius 1 is 1.45 bits per heavy atom. The summed E-state index contributed by atoms with van der Waals surface area (Å²) in [6, 6.07) is 5.92. The number of thiol groups is 1. The van der Waals surface area contributed by atoms with Gasteiger partial charge in [-0.3, -0.25) is 0 Å². The van der Waals surface area contributed by atoms with Crippen molar-refractivity contribution in [2.45, 2.75) is 18.7 Å². The number of rotatable bonds is 2. The molecule has 0 fully saturated rings. The lowest BCUT2D eigenvalue weighted by molar-refractivity contribution is 0.330. The fourth-order valence-corrected chi connectivity index (χ4v) is 1.30. The number of hydrogen-bond acceptors (Lipinski definition) is 2. The van der Waals surface area contributed by atoms with Crippen molar-refractivity contribution in [2.24, 2.45) is 0 Å². The highest BCUT2D eigenvalue weighted by Gasteiger charge is 2.00. The maximum absolute atomic E-state index is 5.39. The van der Waals surface area contributed by atoms with Crippen LogP contribution in [-0.2, 0) is 0 Å². The van der Waals surface area contributed by atoms with Crippen LogP contribution in [0.2, 0.25) is 0 Å². The molecule has 0 amide bonds. The number of benzene rings is 1. The second kappa shape index (κ2) is 3.67. The molecule has 0 aliphatic rings. The first kappa shape index (κ1) is 8.47. The largest absolute Gasteiger partial charge is 0.492 e. The molecule has 1 rings (SSSR count). The van der Waals surface area contributed by atoms with Crippen LogP contribution in [0.1, 0.15) is 12.5 Å². The van der Waals surface area contributed by atoms with E-state index in [1.807, 2.05) is 32.0 Å². The van der Waals surface area contributed by atoms with Crippen LogP contribution in [0.15, 0.2) is 23.1 Å². The summed E-state index contributed by atoms with van der Waals surface area (Å²) in [7, 11) is 0. The zero-order chi connectivity index (χ0) is 8.27. The molecule has 1 nitrogen and oxygen atoms in total. The molecular weight excluding hydrogens is 156 g/mol. The molecule has 1 aromatic rings. The summed E-state index contributed by atoms with van der Waals surface area (Å²) in [6.45, 7) is 4.68. The van der Waals surface area contributed by atoms with E-state index in [4.69, 9.17) is 4.74 Å². The smallest absolute Gasteiger partial charge is 0.135 e. The predicted molar refractivity (Wildman–Crippen MR) is 49.6 cm³/mol. The minimum Gasteiger partial charge on any atom is -0.492 e. The van der Waals surface area contributed by atoms with Crippen LogP contribution in [0.25, 0.3) is 0 Å². The van der Waals surface area contributed by atoms with Crippen molar-refractivity contribution in [2.75, 3.05) is 6.61 Å². The summed E-state index contributed by atoms with van der Waals surface area (Å²) < 4.78 is 5.39. The van der Waals surface area contributed by atoms with Gasteiger partial charge in [0.2, 0.25) is 0 Å². The van der Waals surface area contributed by atoms with Gasteiger partial charge in [0.15, 0.2) is 0 Å². The molecule has 0 unspecified atom stereocenters. The molecule has 0 spiro atoms. The van der Waals surface area contributed by atoms with Gasteiger partial charge in [0.25, 0.3) is 0 Å². The number of hydrogen-bond donors (Lipinski definition) is 1. The van der Waals surface area contributed by atoms with E-state index in [0.29, 0.717) is 6.61 Å². The van der Waals surface area contributed by atoms with E-state index >= 15 is 0 Å². The minimum absolute atomic E-state index is 0.693. The van der Waals surface area contributed by atoms with Crippen molar-refractivity contribution < 1.29 is 4.74 Å². The topological polar surface area (TPSA) is 9.23 Å². The molecule has 0 bridgehead atoms. The summed E-state index contributed by atoms with van der Waals surface area (Å²) in [5, 5.41) is 0. The molecule has 2 heteroatoms. The first-order valence-corrected chi connectivity index (χ1v) is 4.11.